The van der Waals surface area contributed by atoms with Crippen molar-refractivity contribution in [3.63, 3.8) is 0 Å². The molecule has 0 atom stereocenters. The molecule has 0 radical (unpaired) electrons. The van der Waals surface area contributed by atoms with E-state index in [1.165, 1.54) is 126 Å². The highest BCUT2D eigenvalue weighted by Gasteiger charge is 2.23. The van der Waals surface area contributed by atoms with Crippen LogP contribution in [-0.2, 0) is 0 Å². The molecule has 0 spiro atoms. The molecule has 0 aliphatic carbocycles. The van der Waals surface area contributed by atoms with Gasteiger partial charge in [-0.3, -0.25) is 9.97 Å². The van der Waals surface area contributed by atoms with E-state index >= 15 is 0 Å². The molecule has 0 saturated carbocycles. The van der Waals surface area contributed by atoms with Gasteiger partial charge in [0.2, 0.25) is 0 Å². The lowest BCUT2D eigenvalue weighted by atomic mass is 9.79. The molecule has 6 nitrogen and oxygen atoms in total. The van der Waals surface area contributed by atoms with Gasteiger partial charge in [0.25, 0.3) is 0 Å². The standard InChI is InChI=1S/C74H48N2.C26H19BO2.C22H14Br2N2.CH4/c1-3-17-54(18-4-1)70-60-21-7-11-25-64(60)72(65-26-12-8-22-61(65)70)56-40-32-50(33-41-56)49-30-38-53(39-31-49)59-46-47-69(68-29-15-16-48-75-68)76-74(59)58-44-36-52(37-45-58)51-34-42-57(43-35-51)73-66-27-13-9-23-62(66)71(55-19-5-2-6-20-55)63-24-10-14-28-67(63)73;28-27(29)20-16-14-19(15-17-20)26-23-12-6-4-10-21(23)25(18-8-2-1-3-9-18)22-11-5-7-13-24(22)26;23-17-8-4-15(5-9-17)19-12-13-21(20-3-1-2-14-25-20)26-22(19)16-6-10-18(24)11-7-16;/h1-48H;1-17,28-29H;1-14H;1H4. The first kappa shape index (κ1) is 84.4. The zero-order chi connectivity index (χ0) is 88.1. The number of hydrogen-bond acceptors (Lipinski definition) is 6. The van der Waals surface area contributed by atoms with Crippen LogP contribution in [0.4, 0.5) is 0 Å². The maximum absolute atomic E-state index is 9.45. The Kier molecular flexibility index (Phi) is 24.3. The minimum atomic E-state index is -1.46. The van der Waals surface area contributed by atoms with Crippen LogP contribution in [-0.4, -0.2) is 37.1 Å². The largest absolute Gasteiger partial charge is 0.488 e. The summed E-state index contributed by atoms with van der Waals surface area (Å²) in [4.78, 5) is 19.4. The van der Waals surface area contributed by atoms with Crippen molar-refractivity contribution >= 4 is 109 Å². The molecule has 4 aromatic heterocycles. The highest BCUT2D eigenvalue weighted by molar-refractivity contribution is 9.10. The lowest BCUT2D eigenvalue weighted by Crippen LogP contribution is -2.29. The summed E-state index contributed by atoms with van der Waals surface area (Å²) in [6.45, 7) is 0. The Bertz CT molecular complexity index is 7930. The van der Waals surface area contributed by atoms with Gasteiger partial charge < -0.3 is 10.0 Å². The lowest BCUT2D eigenvalue weighted by molar-refractivity contribution is 0.426. The molecule has 0 aliphatic heterocycles. The van der Waals surface area contributed by atoms with Crippen LogP contribution in [0.5, 0.6) is 0 Å². The van der Waals surface area contributed by atoms with E-state index in [0.717, 1.165) is 104 Å². The van der Waals surface area contributed by atoms with Crippen LogP contribution >= 0.6 is 31.9 Å². The molecule has 0 saturated heterocycles. The quantitative estimate of drug-likeness (QED) is 0.0785. The molecule has 132 heavy (non-hydrogen) atoms. The van der Waals surface area contributed by atoms with Crippen molar-refractivity contribution in [3.05, 3.63) is 488 Å². The number of benzene rings is 19. The van der Waals surface area contributed by atoms with Crippen molar-refractivity contribution in [2.75, 3.05) is 0 Å². The SMILES string of the molecule is Brc1ccc(-c2ccc(-c3ccccn3)nc2-c2ccc(Br)cc2)cc1.C.OB(O)c1ccc(-c2c3ccccc3c(-c3ccccc3)c3ccccc23)cc1.c1ccc(-c2c3ccccc3c(-c3ccc(-c4ccc(-c5ccc(-c6ccccn6)nc5-c5ccc(-c6ccc(-c7c8ccccc8c(-c8ccccc8)c8ccccc78)cc6)cc5)cc4)cc3)c3ccccc23)cc1. The Labute approximate surface area is 785 Å². The van der Waals surface area contributed by atoms with Gasteiger partial charge in [0.15, 0.2) is 0 Å². The third-order valence-electron chi connectivity index (χ3n) is 24.8. The monoisotopic (exact) mass is 1820 g/mol. The zero-order valence-electron chi connectivity index (χ0n) is 71.1. The van der Waals surface area contributed by atoms with E-state index in [4.69, 9.17) is 9.97 Å². The Balaban J connectivity index is 0.000000157. The molecule has 0 aliphatic rings. The van der Waals surface area contributed by atoms with Crippen molar-refractivity contribution in [1.29, 1.82) is 0 Å². The Morgan fingerprint density at radius 3 is 0.629 bits per heavy atom. The van der Waals surface area contributed by atoms with Gasteiger partial charge in [0.1, 0.15) is 0 Å². The van der Waals surface area contributed by atoms with Crippen molar-refractivity contribution in [1.82, 2.24) is 19.9 Å². The second-order valence-corrected chi connectivity index (χ2v) is 34.4. The molecular formula is C123H85BBr2N4O2. The predicted molar refractivity (Wildman–Crippen MR) is 564 cm³/mol. The summed E-state index contributed by atoms with van der Waals surface area (Å²) < 4.78 is 2.11. The van der Waals surface area contributed by atoms with E-state index < -0.39 is 7.12 Å². The second kappa shape index (κ2) is 37.9. The Morgan fingerprint density at radius 1 is 0.174 bits per heavy atom. The van der Waals surface area contributed by atoms with Gasteiger partial charge in [0.05, 0.1) is 34.2 Å². The molecule has 0 amide bonds. The van der Waals surface area contributed by atoms with Gasteiger partial charge in [-0.15, -0.1) is 0 Å². The number of aromatic nitrogens is 4. The average molecular weight is 1820 g/mol. The third kappa shape index (κ3) is 16.9. The topological polar surface area (TPSA) is 92.0 Å². The van der Waals surface area contributed by atoms with E-state index in [9.17, 15) is 10.0 Å². The van der Waals surface area contributed by atoms with Crippen molar-refractivity contribution in [2.24, 2.45) is 0 Å². The maximum atomic E-state index is 9.45. The zero-order valence-corrected chi connectivity index (χ0v) is 74.3. The fourth-order valence-electron chi connectivity index (χ4n) is 18.6. The van der Waals surface area contributed by atoms with Gasteiger partial charge in [-0.1, -0.05) is 434 Å². The molecule has 626 valence electrons. The number of nitrogens with zero attached hydrogens (tertiary/aromatic N) is 4. The minimum Gasteiger partial charge on any atom is -0.423 e. The summed E-state index contributed by atoms with van der Waals surface area (Å²) in [6.07, 6.45) is 3.62. The van der Waals surface area contributed by atoms with Gasteiger partial charge in [0, 0.05) is 43.6 Å². The predicted octanol–water partition coefficient (Wildman–Crippen LogP) is 32.7. The van der Waals surface area contributed by atoms with Gasteiger partial charge >= 0.3 is 7.12 Å². The molecule has 0 bridgehead atoms. The Morgan fingerprint density at radius 2 is 0.379 bits per heavy atom. The van der Waals surface area contributed by atoms with Crippen molar-refractivity contribution < 1.29 is 10.0 Å². The molecular weight excluding hydrogens is 1740 g/mol. The summed E-state index contributed by atoms with van der Waals surface area (Å²) in [5, 5.41) is 33.7. The van der Waals surface area contributed by atoms with E-state index in [1.807, 2.05) is 91.1 Å². The van der Waals surface area contributed by atoms with Crippen LogP contribution in [0, 0.1) is 0 Å². The van der Waals surface area contributed by atoms with E-state index in [2.05, 4.69) is 412 Å². The van der Waals surface area contributed by atoms with Gasteiger partial charge in [-0.2, -0.15) is 0 Å². The van der Waals surface area contributed by atoms with E-state index in [-0.39, 0.29) is 7.43 Å². The normalized spacial score (nSPS) is 11.1. The number of fused-ring (bicyclic) bond motifs is 6. The maximum Gasteiger partial charge on any atom is 0.488 e. The van der Waals surface area contributed by atoms with E-state index in [1.54, 1.807) is 18.3 Å². The fourth-order valence-corrected chi connectivity index (χ4v) is 19.1. The number of hydrogen-bond donors (Lipinski definition) is 2. The van der Waals surface area contributed by atoms with Crippen LogP contribution in [0.3, 0.4) is 0 Å². The Hall–Kier alpha value is -15.7. The smallest absolute Gasteiger partial charge is 0.423 e. The molecule has 2 N–H and O–H groups in total. The van der Waals surface area contributed by atoms with Crippen LogP contribution in [0.15, 0.2) is 488 Å². The second-order valence-electron chi connectivity index (χ2n) is 32.6. The first-order valence-corrected chi connectivity index (χ1v) is 45.5. The van der Waals surface area contributed by atoms with Crippen LogP contribution < -0.4 is 5.46 Å². The molecule has 19 aromatic carbocycles. The molecule has 0 unspecified atom stereocenters. The summed E-state index contributed by atoms with van der Waals surface area (Å²) in [6, 6.07) is 165. The van der Waals surface area contributed by atoms with Gasteiger partial charge in [-0.25, -0.2) is 9.97 Å². The fraction of sp³-hybridized carbons (Fsp3) is 0.00813. The van der Waals surface area contributed by atoms with Crippen LogP contribution in [0.1, 0.15) is 7.43 Å². The van der Waals surface area contributed by atoms with E-state index in [0.29, 0.717) is 5.46 Å². The molecule has 9 heteroatoms. The number of pyridine rings is 4. The van der Waals surface area contributed by atoms with Crippen molar-refractivity contribution in [2.45, 2.75) is 7.43 Å². The minimum absolute atomic E-state index is 0. The molecule has 0 fully saturated rings. The van der Waals surface area contributed by atoms with Crippen LogP contribution in [0.2, 0.25) is 0 Å². The third-order valence-corrected chi connectivity index (χ3v) is 25.8. The highest BCUT2D eigenvalue weighted by Crippen LogP contribution is 2.49. The highest BCUT2D eigenvalue weighted by atomic mass is 79.9. The number of halogens is 2. The van der Waals surface area contributed by atoms with Crippen molar-refractivity contribution in [3.8, 4) is 157 Å². The average Bonchev–Trinajstić information content (AvgIpc) is 0.742. The first-order valence-electron chi connectivity index (χ1n) is 43.9. The first-order chi connectivity index (χ1) is 64.7. The lowest BCUT2D eigenvalue weighted by Gasteiger charge is -2.18. The summed E-state index contributed by atoms with van der Waals surface area (Å²) >= 11 is 7.01. The van der Waals surface area contributed by atoms with Crippen LogP contribution in [0.25, 0.3) is 221 Å². The summed E-state index contributed by atoms with van der Waals surface area (Å²) in [7, 11) is -1.46. The molecule has 23 aromatic rings. The number of rotatable bonds is 15. The molecule has 4 heterocycles. The molecule has 23 rings (SSSR count). The summed E-state index contributed by atoms with van der Waals surface area (Å²) in [5.74, 6) is 0. The van der Waals surface area contributed by atoms with Gasteiger partial charge in [-0.05, 0) is 243 Å². The summed E-state index contributed by atoms with van der Waals surface area (Å²) in [5.41, 5.74) is 31.5.